The summed E-state index contributed by atoms with van der Waals surface area (Å²) in [6, 6.07) is 1.09. The molecule has 0 spiro atoms. The fourth-order valence-electron chi connectivity index (χ4n) is 4.26. The molecule has 3 atom stereocenters. The average molecular weight is 303 g/mol. The molecule has 1 saturated carbocycles. The molecule has 1 amide bonds. The average Bonchev–Trinajstić information content (AvgIpc) is 3.18. The van der Waals surface area contributed by atoms with E-state index in [0.29, 0.717) is 31.0 Å². The number of carbonyl (C=O) groups excluding carboxylic acids is 1. The number of nitrogens with one attached hydrogen (secondary N) is 2. The topological polar surface area (TPSA) is 62.2 Å². The molecule has 6 heteroatoms. The Morgan fingerprint density at radius 1 is 1.27 bits per heavy atom. The number of amides is 1. The summed E-state index contributed by atoms with van der Waals surface area (Å²) in [5.41, 5.74) is 8.01. The van der Waals surface area contributed by atoms with Crippen LogP contribution in [0.5, 0.6) is 0 Å². The van der Waals surface area contributed by atoms with E-state index in [0.717, 1.165) is 25.2 Å². The van der Waals surface area contributed by atoms with Crippen LogP contribution in [0.4, 0.5) is 0 Å². The van der Waals surface area contributed by atoms with Crippen LogP contribution in [0, 0.1) is 5.92 Å². The van der Waals surface area contributed by atoms with Gasteiger partial charge in [-0.15, -0.1) is 0 Å². The van der Waals surface area contributed by atoms with Crippen LogP contribution in [0.3, 0.4) is 0 Å². The van der Waals surface area contributed by atoms with E-state index in [-0.39, 0.29) is 5.91 Å². The zero-order valence-corrected chi connectivity index (χ0v) is 13.0. The monoisotopic (exact) mass is 303 g/mol. The number of nitrogens with zero attached hydrogens (tertiary/aromatic N) is 3. The first-order chi connectivity index (χ1) is 10.8. The molecule has 3 aliphatic rings. The molecule has 120 valence electrons. The Morgan fingerprint density at radius 2 is 2.18 bits per heavy atom. The summed E-state index contributed by atoms with van der Waals surface area (Å²) in [6.07, 6.45) is 10.6. The van der Waals surface area contributed by atoms with E-state index >= 15 is 0 Å². The molecular formula is C16H25N5O. The van der Waals surface area contributed by atoms with Crippen LogP contribution >= 0.6 is 0 Å². The molecule has 2 fully saturated rings. The molecule has 0 aromatic carbocycles. The third-order valence-corrected chi connectivity index (χ3v) is 5.57. The van der Waals surface area contributed by atoms with E-state index in [4.69, 9.17) is 0 Å². The lowest BCUT2D eigenvalue weighted by atomic mass is 9.80. The van der Waals surface area contributed by atoms with E-state index in [1.54, 1.807) is 0 Å². The van der Waals surface area contributed by atoms with Gasteiger partial charge >= 0.3 is 0 Å². The van der Waals surface area contributed by atoms with Crippen molar-refractivity contribution in [3.05, 3.63) is 18.2 Å². The minimum atomic E-state index is 0.286. The highest BCUT2D eigenvalue weighted by atomic mass is 16.2. The number of fused-ring (bicyclic) bond motifs is 2. The molecule has 1 saturated heterocycles. The van der Waals surface area contributed by atoms with Crippen LogP contribution in [0.25, 0.3) is 0 Å². The molecule has 22 heavy (non-hydrogen) atoms. The SMILES string of the molecule is O=C(CCC1NNC2CCCCC21)N1CCn2cncc2C1. The Labute approximate surface area is 131 Å². The van der Waals surface area contributed by atoms with Crippen molar-refractivity contribution >= 4 is 5.91 Å². The quantitative estimate of drug-likeness (QED) is 0.876. The second-order valence-electron chi connectivity index (χ2n) is 6.88. The number of carbonyl (C=O) groups is 1. The van der Waals surface area contributed by atoms with Crippen molar-refractivity contribution in [3.63, 3.8) is 0 Å². The van der Waals surface area contributed by atoms with Crippen LogP contribution in [0.2, 0.25) is 0 Å². The Balaban J connectivity index is 1.30. The Bertz CT molecular complexity index is 542. The first-order valence-electron chi connectivity index (χ1n) is 8.59. The summed E-state index contributed by atoms with van der Waals surface area (Å²) in [5.74, 6) is 0.998. The molecule has 6 nitrogen and oxygen atoms in total. The van der Waals surface area contributed by atoms with E-state index in [9.17, 15) is 4.79 Å². The maximum atomic E-state index is 12.5. The van der Waals surface area contributed by atoms with Gasteiger partial charge in [0.1, 0.15) is 0 Å². The summed E-state index contributed by atoms with van der Waals surface area (Å²) in [7, 11) is 0. The van der Waals surface area contributed by atoms with Gasteiger partial charge in [-0.3, -0.25) is 15.6 Å². The van der Waals surface area contributed by atoms with Gasteiger partial charge in [0.25, 0.3) is 0 Å². The van der Waals surface area contributed by atoms with Crippen molar-refractivity contribution in [2.24, 2.45) is 5.92 Å². The standard InChI is InChI=1S/C16H25N5O/c22-16(20-7-8-21-11-17-9-12(21)10-20)6-5-15-13-3-1-2-4-14(13)18-19-15/h9,11,13-15,18-19H,1-8,10H2. The van der Waals surface area contributed by atoms with Crippen LogP contribution in [0.15, 0.2) is 12.5 Å². The molecule has 0 bridgehead atoms. The van der Waals surface area contributed by atoms with Crippen LogP contribution in [-0.2, 0) is 17.9 Å². The molecule has 4 rings (SSSR count). The third-order valence-electron chi connectivity index (χ3n) is 5.57. The summed E-state index contributed by atoms with van der Waals surface area (Å²) in [4.78, 5) is 18.6. The number of hydrazine groups is 1. The van der Waals surface area contributed by atoms with Gasteiger partial charge in [-0.2, -0.15) is 0 Å². The highest BCUT2D eigenvalue weighted by molar-refractivity contribution is 5.76. The predicted molar refractivity (Wildman–Crippen MR) is 82.7 cm³/mol. The van der Waals surface area contributed by atoms with Gasteiger partial charge in [0, 0.05) is 37.8 Å². The summed E-state index contributed by atoms with van der Waals surface area (Å²) in [6.45, 7) is 2.39. The molecule has 0 radical (unpaired) electrons. The van der Waals surface area contributed by atoms with Crippen LogP contribution < -0.4 is 10.9 Å². The number of imidazole rings is 1. The molecular weight excluding hydrogens is 278 g/mol. The van der Waals surface area contributed by atoms with Crippen molar-refractivity contribution in [1.29, 1.82) is 0 Å². The van der Waals surface area contributed by atoms with E-state index in [2.05, 4.69) is 20.4 Å². The minimum Gasteiger partial charge on any atom is -0.335 e. The highest BCUT2D eigenvalue weighted by Crippen LogP contribution is 2.31. The molecule has 2 N–H and O–H groups in total. The largest absolute Gasteiger partial charge is 0.335 e. The Kier molecular flexibility index (Phi) is 3.88. The van der Waals surface area contributed by atoms with Crippen molar-refractivity contribution in [2.75, 3.05) is 6.54 Å². The predicted octanol–water partition coefficient (Wildman–Crippen LogP) is 1.04. The number of rotatable bonds is 3. The smallest absolute Gasteiger partial charge is 0.223 e. The van der Waals surface area contributed by atoms with Gasteiger partial charge < -0.3 is 9.47 Å². The van der Waals surface area contributed by atoms with Crippen molar-refractivity contribution < 1.29 is 4.79 Å². The maximum Gasteiger partial charge on any atom is 0.223 e. The summed E-state index contributed by atoms with van der Waals surface area (Å²) >= 11 is 0. The lowest BCUT2D eigenvalue weighted by Crippen LogP contribution is -2.39. The van der Waals surface area contributed by atoms with Crippen molar-refractivity contribution in [3.8, 4) is 0 Å². The Morgan fingerprint density at radius 3 is 3.14 bits per heavy atom. The number of hydrogen-bond donors (Lipinski definition) is 2. The summed E-state index contributed by atoms with van der Waals surface area (Å²) in [5, 5.41) is 0. The molecule has 2 aliphatic heterocycles. The molecule has 1 aliphatic carbocycles. The lowest BCUT2D eigenvalue weighted by Gasteiger charge is -2.30. The number of hydrogen-bond acceptors (Lipinski definition) is 4. The van der Waals surface area contributed by atoms with Gasteiger partial charge in [-0.05, 0) is 25.2 Å². The van der Waals surface area contributed by atoms with Crippen molar-refractivity contribution in [1.82, 2.24) is 25.3 Å². The highest BCUT2D eigenvalue weighted by Gasteiger charge is 2.37. The molecule has 1 aromatic rings. The zero-order chi connectivity index (χ0) is 14.9. The first-order valence-corrected chi connectivity index (χ1v) is 8.59. The van der Waals surface area contributed by atoms with Crippen LogP contribution in [-0.4, -0.2) is 39.0 Å². The molecule has 3 heterocycles. The van der Waals surface area contributed by atoms with Gasteiger partial charge in [0.2, 0.25) is 5.91 Å². The fraction of sp³-hybridized carbons (Fsp3) is 0.750. The normalized spacial score (nSPS) is 30.9. The second kappa shape index (κ2) is 6.01. The van der Waals surface area contributed by atoms with Gasteiger partial charge in [-0.25, -0.2) is 4.98 Å². The van der Waals surface area contributed by atoms with E-state index < -0.39 is 0 Å². The van der Waals surface area contributed by atoms with E-state index in [1.165, 1.54) is 25.7 Å². The number of aromatic nitrogens is 2. The Hall–Kier alpha value is -1.40. The molecule has 1 aromatic heterocycles. The first kappa shape index (κ1) is 14.2. The lowest BCUT2D eigenvalue weighted by molar-refractivity contribution is -0.132. The summed E-state index contributed by atoms with van der Waals surface area (Å²) < 4.78 is 2.14. The third kappa shape index (κ3) is 2.65. The maximum absolute atomic E-state index is 12.5. The molecule has 3 unspecified atom stereocenters. The van der Waals surface area contributed by atoms with Gasteiger partial charge in [-0.1, -0.05) is 12.8 Å². The van der Waals surface area contributed by atoms with Crippen LogP contribution in [0.1, 0.15) is 44.2 Å². The van der Waals surface area contributed by atoms with Gasteiger partial charge in [0.15, 0.2) is 0 Å². The fourth-order valence-corrected chi connectivity index (χ4v) is 4.26. The van der Waals surface area contributed by atoms with Gasteiger partial charge in [0.05, 0.1) is 18.6 Å². The zero-order valence-electron chi connectivity index (χ0n) is 13.0. The minimum absolute atomic E-state index is 0.286. The van der Waals surface area contributed by atoms with Crippen molar-refractivity contribution in [2.45, 2.75) is 63.7 Å². The van der Waals surface area contributed by atoms with E-state index in [1.807, 2.05) is 17.4 Å². The second-order valence-corrected chi connectivity index (χ2v) is 6.88.